The molecule has 12 heavy (non-hydrogen) atoms. The van der Waals surface area contributed by atoms with Crippen LogP contribution in [0.5, 0.6) is 0 Å². The van der Waals surface area contributed by atoms with E-state index in [-0.39, 0.29) is 11.9 Å². The molecule has 0 aromatic carbocycles. The predicted molar refractivity (Wildman–Crippen MR) is 45.8 cm³/mol. The molecule has 0 unspecified atom stereocenters. The van der Waals surface area contributed by atoms with Crippen LogP contribution in [-0.4, -0.2) is 18.5 Å². The van der Waals surface area contributed by atoms with Gasteiger partial charge in [0, 0.05) is 12.3 Å². The van der Waals surface area contributed by atoms with Gasteiger partial charge >= 0.3 is 0 Å². The van der Waals surface area contributed by atoms with Crippen molar-refractivity contribution in [1.29, 1.82) is 0 Å². The van der Waals surface area contributed by atoms with Crippen LogP contribution in [0.25, 0.3) is 0 Å². The zero-order valence-corrected chi connectivity index (χ0v) is 7.17. The summed E-state index contributed by atoms with van der Waals surface area (Å²) in [7, 11) is 0. The molecule has 0 aromatic rings. The Kier molecular flexibility index (Phi) is 1.65. The van der Waals surface area contributed by atoms with Gasteiger partial charge in [-0.05, 0) is 18.1 Å². The van der Waals surface area contributed by atoms with Crippen LogP contribution < -0.4 is 0 Å². The van der Waals surface area contributed by atoms with Crippen molar-refractivity contribution in [3.8, 4) is 0 Å². The average Bonchev–Trinajstić information content (AvgIpc) is 2.55. The minimum Gasteiger partial charge on any atom is -0.369 e. The summed E-state index contributed by atoms with van der Waals surface area (Å²) in [6, 6.07) is 0. The summed E-state index contributed by atoms with van der Waals surface area (Å²) >= 11 is 0. The van der Waals surface area contributed by atoms with E-state index in [2.05, 4.69) is 6.58 Å². The van der Waals surface area contributed by atoms with E-state index in [4.69, 9.17) is 4.74 Å². The van der Waals surface area contributed by atoms with E-state index in [9.17, 15) is 4.79 Å². The van der Waals surface area contributed by atoms with Gasteiger partial charge in [0.2, 0.25) is 0 Å². The van der Waals surface area contributed by atoms with Crippen LogP contribution in [0.2, 0.25) is 0 Å². The fourth-order valence-corrected chi connectivity index (χ4v) is 2.00. The van der Waals surface area contributed by atoms with Gasteiger partial charge < -0.3 is 4.74 Å². The maximum atomic E-state index is 11.3. The van der Waals surface area contributed by atoms with E-state index in [0.717, 1.165) is 5.57 Å². The van der Waals surface area contributed by atoms with E-state index in [1.807, 2.05) is 6.92 Å². The summed E-state index contributed by atoms with van der Waals surface area (Å²) in [6.45, 7) is 6.21. The monoisotopic (exact) mass is 164 g/mol. The van der Waals surface area contributed by atoms with Gasteiger partial charge in [0.15, 0.2) is 5.78 Å². The highest BCUT2D eigenvalue weighted by molar-refractivity contribution is 5.99. The second-order valence-corrected chi connectivity index (χ2v) is 3.40. The fraction of sp³-hybridized carbons (Fsp3) is 0.500. The summed E-state index contributed by atoms with van der Waals surface area (Å²) in [6.07, 6.45) is 2.49. The number of carbonyl (C=O) groups excluding carboxylic acids is 1. The van der Waals surface area contributed by atoms with Gasteiger partial charge in [0.05, 0.1) is 12.7 Å². The number of hydrogen-bond donors (Lipinski definition) is 0. The van der Waals surface area contributed by atoms with Crippen LogP contribution in [0.3, 0.4) is 0 Å². The molecule has 0 aromatic heterocycles. The van der Waals surface area contributed by atoms with Crippen molar-refractivity contribution in [3.63, 3.8) is 0 Å². The fourth-order valence-electron chi connectivity index (χ4n) is 2.00. The molecule has 0 bridgehead atoms. The number of ether oxygens (including phenoxy) is 1. The topological polar surface area (TPSA) is 26.3 Å². The molecule has 0 saturated carbocycles. The molecule has 2 aliphatic rings. The smallest absolute Gasteiger partial charge is 0.159 e. The minimum absolute atomic E-state index is 0.0707. The Morgan fingerprint density at radius 3 is 3.08 bits per heavy atom. The Bertz CT molecular complexity index is 276. The first-order chi connectivity index (χ1) is 5.74. The Labute approximate surface area is 71.9 Å². The van der Waals surface area contributed by atoms with Gasteiger partial charge in [-0.25, -0.2) is 0 Å². The quantitative estimate of drug-likeness (QED) is 0.549. The number of allylic oxidation sites excluding steroid dienone is 1. The van der Waals surface area contributed by atoms with Crippen molar-refractivity contribution in [1.82, 2.24) is 0 Å². The molecular formula is C10H12O2. The highest BCUT2D eigenvalue weighted by Gasteiger charge is 2.39. The molecule has 64 valence electrons. The predicted octanol–water partition coefficient (Wildman–Crippen LogP) is 1.48. The van der Waals surface area contributed by atoms with Gasteiger partial charge in [-0.2, -0.15) is 0 Å². The first kappa shape index (κ1) is 7.74. The summed E-state index contributed by atoms with van der Waals surface area (Å²) in [5, 5.41) is 0. The molecular weight excluding hydrogens is 152 g/mol. The number of hydrogen-bond acceptors (Lipinski definition) is 2. The summed E-state index contributed by atoms with van der Waals surface area (Å²) in [5.74, 6) is 0.583. The van der Waals surface area contributed by atoms with Gasteiger partial charge in [-0.3, -0.25) is 4.79 Å². The standard InChI is InChI=1S/C10H12O2/c1-3-10-7-4-9(11)6(2)8(7)5-12-10/h3,7,10H,1,4-5H2,2H3/t7-,10-/m1/s1. The molecule has 2 heteroatoms. The van der Waals surface area contributed by atoms with Crippen LogP contribution in [0, 0.1) is 5.92 Å². The number of ketones is 1. The zero-order chi connectivity index (χ0) is 8.72. The highest BCUT2D eigenvalue weighted by Crippen LogP contribution is 2.38. The van der Waals surface area contributed by atoms with Gasteiger partial charge in [-0.15, -0.1) is 6.58 Å². The molecule has 1 fully saturated rings. The molecule has 0 radical (unpaired) electrons. The lowest BCUT2D eigenvalue weighted by Crippen LogP contribution is -2.12. The third-order valence-corrected chi connectivity index (χ3v) is 2.81. The van der Waals surface area contributed by atoms with E-state index in [1.54, 1.807) is 6.08 Å². The van der Waals surface area contributed by atoms with Crippen LogP contribution in [0.1, 0.15) is 13.3 Å². The van der Waals surface area contributed by atoms with Crippen LogP contribution in [-0.2, 0) is 9.53 Å². The first-order valence-corrected chi connectivity index (χ1v) is 4.21. The molecule has 2 rings (SSSR count). The SMILES string of the molecule is C=C[C@H]1OCC2=C(C)C(=O)C[C@H]21. The van der Waals surface area contributed by atoms with E-state index in [1.165, 1.54) is 5.57 Å². The van der Waals surface area contributed by atoms with E-state index in [0.29, 0.717) is 18.9 Å². The van der Waals surface area contributed by atoms with Crippen LogP contribution >= 0.6 is 0 Å². The molecule has 1 aliphatic heterocycles. The molecule has 0 amide bonds. The van der Waals surface area contributed by atoms with Gasteiger partial charge in [-0.1, -0.05) is 6.08 Å². The van der Waals surface area contributed by atoms with E-state index >= 15 is 0 Å². The second-order valence-electron chi connectivity index (χ2n) is 3.40. The minimum atomic E-state index is 0.0707. The summed E-state index contributed by atoms with van der Waals surface area (Å²) < 4.78 is 5.46. The Morgan fingerprint density at radius 2 is 2.42 bits per heavy atom. The van der Waals surface area contributed by atoms with Crippen LogP contribution in [0.15, 0.2) is 23.8 Å². The summed E-state index contributed by atoms with van der Waals surface area (Å²) in [4.78, 5) is 11.3. The van der Waals surface area contributed by atoms with E-state index < -0.39 is 0 Å². The zero-order valence-electron chi connectivity index (χ0n) is 7.17. The van der Waals surface area contributed by atoms with Crippen molar-refractivity contribution in [3.05, 3.63) is 23.8 Å². The number of Topliss-reactive ketones (excluding diaryl/α,β-unsaturated/α-hetero) is 1. The molecule has 1 aliphatic carbocycles. The molecule has 1 saturated heterocycles. The maximum Gasteiger partial charge on any atom is 0.159 e. The summed E-state index contributed by atoms with van der Waals surface area (Å²) in [5.41, 5.74) is 2.12. The Morgan fingerprint density at radius 1 is 1.67 bits per heavy atom. The van der Waals surface area contributed by atoms with Crippen molar-refractivity contribution < 1.29 is 9.53 Å². The molecule has 1 heterocycles. The number of rotatable bonds is 1. The molecule has 0 spiro atoms. The second kappa shape index (κ2) is 2.56. The van der Waals surface area contributed by atoms with Crippen LogP contribution in [0.4, 0.5) is 0 Å². The lowest BCUT2D eigenvalue weighted by Gasteiger charge is -2.08. The normalized spacial score (nSPS) is 34.2. The van der Waals surface area contributed by atoms with Crippen molar-refractivity contribution >= 4 is 5.78 Å². The van der Waals surface area contributed by atoms with Crippen molar-refractivity contribution in [2.24, 2.45) is 5.92 Å². The molecule has 0 N–H and O–H groups in total. The van der Waals surface area contributed by atoms with Crippen molar-refractivity contribution in [2.75, 3.05) is 6.61 Å². The Balaban J connectivity index is 2.33. The number of carbonyl (C=O) groups is 1. The lowest BCUT2D eigenvalue weighted by molar-refractivity contribution is -0.115. The largest absolute Gasteiger partial charge is 0.369 e. The molecule has 2 atom stereocenters. The lowest BCUT2D eigenvalue weighted by atomic mass is 9.98. The number of fused-ring (bicyclic) bond motifs is 1. The first-order valence-electron chi connectivity index (χ1n) is 4.21. The average molecular weight is 164 g/mol. The maximum absolute atomic E-state index is 11.3. The highest BCUT2D eigenvalue weighted by atomic mass is 16.5. The third kappa shape index (κ3) is 0.879. The van der Waals surface area contributed by atoms with Gasteiger partial charge in [0.1, 0.15) is 0 Å². The van der Waals surface area contributed by atoms with Crippen molar-refractivity contribution in [2.45, 2.75) is 19.4 Å². The molecule has 2 nitrogen and oxygen atoms in total. The third-order valence-electron chi connectivity index (χ3n) is 2.81. The Hall–Kier alpha value is -0.890. The van der Waals surface area contributed by atoms with Gasteiger partial charge in [0.25, 0.3) is 0 Å².